The summed E-state index contributed by atoms with van der Waals surface area (Å²) in [5, 5.41) is 5.83. The zero-order chi connectivity index (χ0) is 17.6. The Morgan fingerprint density at radius 3 is 2.80 bits per heavy atom. The summed E-state index contributed by atoms with van der Waals surface area (Å²) < 4.78 is 10.3. The van der Waals surface area contributed by atoms with Gasteiger partial charge in [-0.2, -0.15) is 0 Å². The number of thiazole rings is 1. The third-order valence-electron chi connectivity index (χ3n) is 3.22. The van der Waals surface area contributed by atoms with Crippen LogP contribution in [-0.4, -0.2) is 23.0 Å². The number of ether oxygens (including phenoxy) is 2. The largest absolute Gasteiger partial charge is 0.497 e. The van der Waals surface area contributed by atoms with E-state index in [1.54, 1.807) is 19.2 Å². The monoisotopic (exact) mass is 375 g/mol. The van der Waals surface area contributed by atoms with Gasteiger partial charge in [0, 0.05) is 17.3 Å². The molecule has 0 amide bonds. The molecular weight excluding hydrogens is 362 g/mol. The molecule has 0 bridgehead atoms. The number of hydrogen-bond acceptors (Lipinski definition) is 7. The van der Waals surface area contributed by atoms with E-state index in [1.807, 2.05) is 29.6 Å². The summed E-state index contributed by atoms with van der Waals surface area (Å²) in [5.74, 6) is 0.252. The van der Waals surface area contributed by atoms with Crippen LogP contribution in [0.1, 0.15) is 16.1 Å². The first kappa shape index (κ1) is 17.2. The molecule has 0 saturated heterocycles. The molecule has 8 heteroatoms. The van der Waals surface area contributed by atoms with E-state index in [-0.39, 0.29) is 17.3 Å². The lowest BCUT2D eigenvalue weighted by atomic mass is 10.3. The maximum absolute atomic E-state index is 12.0. The lowest BCUT2D eigenvalue weighted by Gasteiger charge is -2.05. The summed E-state index contributed by atoms with van der Waals surface area (Å²) in [5.41, 5.74) is 1.77. The molecule has 0 spiro atoms. The average Bonchev–Trinajstić information content (AvgIpc) is 3.08. The highest BCUT2D eigenvalue weighted by molar-refractivity contribution is 7.13. The molecule has 0 fully saturated rings. The maximum Gasteiger partial charge on any atom is 0.341 e. The van der Waals surface area contributed by atoms with Gasteiger partial charge in [-0.05, 0) is 36.4 Å². The molecule has 6 nitrogen and oxygen atoms in total. The van der Waals surface area contributed by atoms with Gasteiger partial charge in [0.25, 0.3) is 0 Å². The summed E-state index contributed by atoms with van der Waals surface area (Å²) in [6.07, 6.45) is 1.51. The zero-order valence-electron chi connectivity index (χ0n) is 13.2. The van der Waals surface area contributed by atoms with Crippen molar-refractivity contribution < 1.29 is 14.3 Å². The van der Waals surface area contributed by atoms with E-state index >= 15 is 0 Å². The van der Waals surface area contributed by atoms with Crippen LogP contribution in [-0.2, 0) is 11.3 Å². The van der Waals surface area contributed by atoms with Crippen LogP contribution in [0.2, 0.25) is 5.15 Å². The minimum atomic E-state index is -0.532. The number of carbonyl (C=O) groups excluding carboxylic acids is 1. The fourth-order valence-corrected chi connectivity index (χ4v) is 2.90. The van der Waals surface area contributed by atoms with E-state index in [4.69, 9.17) is 21.1 Å². The van der Waals surface area contributed by atoms with Crippen LogP contribution >= 0.6 is 22.9 Å². The number of aromatic nitrogens is 2. The molecule has 0 radical (unpaired) electrons. The van der Waals surface area contributed by atoms with Gasteiger partial charge in [0.05, 0.1) is 18.4 Å². The number of nitrogens with one attached hydrogen (secondary N) is 1. The van der Waals surface area contributed by atoms with Crippen molar-refractivity contribution in [1.29, 1.82) is 0 Å². The van der Waals surface area contributed by atoms with Crippen LogP contribution in [0, 0.1) is 0 Å². The Hall–Kier alpha value is -2.64. The molecule has 3 aromatic rings. The molecule has 2 aromatic heterocycles. The SMILES string of the molecule is COc1ccc(Nc2nc(COC(=O)c3cccnc3Cl)cs2)cc1. The van der Waals surface area contributed by atoms with Crippen LogP contribution in [0.4, 0.5) is 10.8 Å². The third-order valence-corrected chi connectivity index (χ3v) is 4.33. The van der Waals surface area contributed by atoms with Crippen molar-refractivity contribution in [2.75, 3.05) is 12.4 Å². The van der Waals surface area contributed by atoms with Crippen molar-refractivity contribution in [2.24, 2.45) is 0 Å². The summed E-state index contributed by atoms with van der Waals surface area (Å²) in [6, 6.07) is 10.7. The summed E-state index contributed by atoms with van der Waals surface area (Å²) in [6.45, 7) is 0.0604. The molecule has 128 valence electrons. The summed E-state index contributed by atoms with van der Waals surface area (Å²) >= 11 is 7.29. The molecule has 0 aliphatic heterocycles. The lowest BCUT2D eigenvalue weighted by molar-refractivity contribution is 0.0468. The standard InChI is InChI=1S/C17H14ClN3O3S/c1-23-13-6-4-11(5-7-13)20-17-21-12(10-25-17)9-24-16(22)14-3-2-8-19-15(14)18/h2-8,10H,9H2,1H3,(H,20,21). The number of methoxy groups -OCH3 is 1. The van der Waals surface area contributed by atoms with Gasteiger partial charge in [-0.15, -0.1) is 11.3 Å². The predicted molar refractivity (Wildman–Crippen MR) is 96.8 cm³/mol. The molecule has 1 N–H and O–H groups in total. The number of esters is 1. The number of halogens is 1. The second-order valence-corrected chi connectivity index (χ2v) is 6.13. The number of hydrogen-bond donors (Lipinski definition) is 1. The number of carbonyl (C=O) groups is 1. The van der Waals surface area contributed by atoms with Crippen molar-refractivity contribution >= 4 is 39.7 Å². The average molecular weight is 376 g/mol. The second-order valence-electron chi connectivity index (χ2n) is 4.92. The van der Waals surface area contributed by atoms with Gasteiger partial charge < -0.3 is 14.8 Å². The van der Waals surface area contributed by atoms with Gasteiger partial charge in [-0.1, -0.05) is 11.6 Å². The summed E-state index contributed by atoms with van der Waals surface area (Å²) in [7, 11) is 1.62. The number of anilines is 2. The van der Waals surface area contributed by atoms with E-state index < -0.39 is 5.97 Å². The Bertz CT molecular complexity index is 868. The van der Waals surface area contributed by atoms with Crippen molar-refractivity contribution in [3.8, 4) is 5.75 Å². The maximum atomic E-state index is 12.0. The highest BCUT2D eigenvalue weighted by atomic mass is 35.5. The second kappa shape index (κ2) is 7.96. The van der Waals surface area contributed by atoms with Crippen molar-refractivity contribution in [3.05, 3.63) is 64.4 Å². The van der Waals surface area contributed by atoms with E-state index in [0.29, 0.717) is 10.8 Å². The fraction of sp³-hybridized carbons (Fsp3) is 0.118. The minimum Gasteiger partial charge on any atom is -0.497 e. The Morgan fingerprint density at radius 1 is 1.28 bits per heavy atom. The Labute approximate surface area is 153 Å². The number of rotatable bonds is 6. The zero-order valence-corrected chi connectivity index (χ0v) is 14.8. The Balaban J connectivity index is 1.58. The minimum absolute atomic E-state index is 0.0604. The molecule has 0 atom stereocenters. The van der Waals surface area contributed by atoms with Gasteiger partial charge >= 0.3 is 5.97 Å². The molecule has 0 unspecified atom stereocenters. The number of pyridine rings is 1. The normalized spacial score (nSPS) is 10.3. The number of benzene rings is 1. The Morgan fingerprint density at radius 2 is 2.08 bits per heavy atom. The molecule has 1 aromatic carbocycles. The summed E-state index contributed by atoms with van der Waals surface area (Å²) in [4.78, 5) is 20.2. The molecule has 3 rings (SSSR count). The Kier molecular flexibility index (Phi) is 5.47. The van der Waals surface area contributed by atoms with Gasteiger partial charge in [-0.3, -0.25) is 0 Å². The highest BCUT2D eigenvalue weighted by Gasteiger charge is 2.13. The smallest absolute Gasteiger partial charge is 0.341 e. The lowest BCUT2D eigenvalue weighted by Crippen LogP contribution is -2.06. The van der Waals surface area contributed by atoms with E-state index in [9.17, 15) is 4.79 Å². The molecule has 0 aliphatic carbocycles. The fourth-order valence-electron chi connectivity index (χ4n) is 1.98. The van der Waals surface area contributed by atoms with E-state index in [2.05, 4.69) is 15.3 Å². The first-order valence-corrected chi connectivity index (χ1v) is 8.54. The molecule has 25 heavy (non-hydrogen) atoms. The van der Waals surface area contributed by atoms with Crippen molar-refractivity contribution in [3.63, 3.8) is 0 Å². The van der Waals surface area contributed by atoms with Gasteiger partial charge in [0.1, 0.15) is 17.5 Å². The highest BCUT2D eigenvalue weighted by Crippen LogP contribution is 2.23. The van der Waals surface area contributed by atoms with Crippen LogP contribution in [0.3, 0.4) is 0 Å². The quantitative estimate of drug-likeness (QED) is 0.511. The van der Waals surface area contributed by atoms with Crippen molar-refractivity contribution in [2.45, 2.75) is 6.61 Å². The molecule has 0 saturated carbocycles. The topological polar surface area (TPSA) is 73.3 Å². The first-order chi connectivity index (χ1) is 12.2. The molecular formula is C17H14ClN3O3S. The van der Waals surface area contributed by atoms with E-state index in [0.717, 1.165) is 11.4 Å². The predicted octanol–water partition coefficient (Wildman–Crippen LogP) is 4.30. The molecule has 2 heterocycles. The van der Waals surface area contributed by atoms with E-state index in [1.165, 1.54) is 17.5 Å². The van der Waals surface area contributed by atoms with Crippen LogP contribution < -0.4 is 10.1 Å². The van der Waals surface area contributed by atoms with Gasteiger partial charge in [0.2, 0.25) is 0 Å². The molecule has 0 aliphatic rings. The number of nitrogens with zero attached hydrogens (tertiary/aromatic N) is 2. The van der Waals surface area contributed by atoms with Crippen LogP contribution in [0.5, 0.6) is 5.75 Å². The first-order valence-electron chi connectivity index (χ1n) is 7.29. The third kappa shape index (κ3) is 4.46. The van der Waals surface area contributed by atoms with Crippen LogP contribution in [0.15, 0.2) is 48.0 Å². The van der Waals surface area contributed by atoms with Gasteiger partial charge in [-0.25, -0.2) is 14.8 Å². The van der Waals surface area contributed by atoms with Gasteiger partial charge in [0.15, 0.2) is 5.13 Å². The van der Waals surface area contributed by atoms with Crippen molar-refractivity contribution in [1.82, 2.24) is 9.97 Å². The van der Waals surface area contributed by atoms with Crippen LogP contribution in [0.25, 0.3) is 0 Å².